The molecular weight excluding hydrogens is 320 g/mol. The maximum absolute atomic E-state index is 9.85. The molecule has 1 heterocycles. The maximum atomic E-state index is 9.85. The van der Waals surface area contributed by atoms with Crippen LogP contribution in [0.15, 0.2) is 12.2 Å². The van der Waals surface area contributed by atoms with E-state index in [1.165, 1.54) is 51.4 Å². The monoisotopic (exact) mass is 358 g/mol. The van der Waals surface area contributed by atoms with Gasteiger partial charge in [-0.2, -0.15) is 0 Å². The van der Waals surface area contributed by atoms with Crippen LogP contribution in [-0.2, 0) is 9.47 Å². The average Bonchev–Trinajstić information content (AvgIpc) is 2.99. The fourth-order valence-electron chi connectivity index (χ4n) is 3.25. The van der Waals surface area contributed by atoms with Gasteiger partial charge < -0.3 is 24.8 Å². The standard InChI is InChI=1S/C20H38O5/c1-2-3-4-5-6-7-8-9-10-11-12-13-14-24-20-18(23)16-25-19(20)17(22)15-21/h2-3,17-23H,4-16H2,1H3/b3-2+/t17-,18+,19+,20+/m1/s1. The third kappa shape index (κ3) is 9.71. The lowest BCUT2D eigenvalue weighted by Crippen LogP contribution is -2.42. The molecular formula is C20H38O5. The molecule has 0 radical (unpaired) electrons. The minimum absolute atomic E-state index is 0.154. The van der Waals surface area contributed by atoms with Gasteiger partial charge in [0.1, 0.15) is 24.4 Å². The number of hydrogen-bond donors (Lipinski definition) is 3. The molecule has 3 N–H and O–H groups in total. The first kappa shape index (κ1) is 22.6. The number of rotatable bonds is 15. The third-order valence-corrected chi connectivity index (χ3v) is 4.79. The van der Waals surface area contributed by atoms with Crippen LogP contribution in [0.2, 0.25) is 0 Å². The molecule has 0 amide bonds. The molecule has 1 rings (SSSR count). The molecule has 148 valence electrons. The Morgan fingerprint density at radius 2 is 1.64 bits per heavy atom. The summed E-state index contributed by atoms with van der Waals surface area (Å²) in [5, 5.41) is 28.5. The number of aliphatic hydroxyl groups excluding tert-OH is 3. The van der Waals surface area contributed by atoms with Crippen molar-refractivity contribution >= 4 is 0 Å². The number of allylic oxidation sites excluding steroid dienone is 2. The van der Waals surface area contributed by atoms with Crippen LogP contribution >= 0.6 is 0 Å². The van der Waals surface area contributed by atoms with Crippen molar-refractivity contribution in [3.8, 4) is 0 Å². The normalized spacial score (nSPS) is 25.0. The zero-order valence-corrected chi connectivity index (χ0v) is 15.8. The van der Waals surface area contributed by atoms with Crippen LogP contribution < -0.4 is 0 Å². The molecule has 1 saturated heterocycles. The fraction of sp³-hybridized carbons (Fsp3) is 0.900. The average molecular weight is 359 g/mol. The van der Waals surface area contributed by atoms with Gasteiger partial charge in [-0.05, 0) is 26.2 Å². The van der Waals surface area contributed by atoms with E-state index in [1.807, 2.05) is 0 Å². The van der Waals surface area contributed by atoms with Gasteiger partial charge in [-0.3, -0.25) is 0 Å². The second-order valence-corrected chi connectivity index (χ2v) is 6.99. The first-order valence-corrected chi connectivity index (χ1v) is 10.0. The van der Waals surface area contributed by atoms with Gasteiger partial charge in [0, 0.05) is 6.61 Å². The highest BCUT2D eigenvalue weighted by molar-refractivity contribution is 4.89. The van der Waals surface area contributed by atoms with E-state index in [9.17, 15) is 10.2 Å². The minimum Gasteiger partial charge on any atom is -0.394 e. The predicted molar refractivity (Wildman–Crippen MR) is 99.6 cm³/mol. The summed E-state index contributed by atoms with van der Waals surface area (Å²) >= 11 is 0. The molecule has 0 aromatic heterocycles. The quantitative estimate of drug-likeness (QED) is 0.310. The predicted octanol–water partition coefficient (Wildman–Crippen LogP) is 2.96. The largest absolute Gasteiger partial charge is 0.394 e. The molecule has 4 atom stereocenters. The van der Waals surface area contributed by atoms with Crippen molar-refractivity contribution in [1.82, 2.24) is 0 Å². The maximum Gasteiger partial charge on any atom is 0.114 e. The first-order chi connectivity index (χ1) is 12.2. The van der Waals surface area contributed by atoms with Gasteiger partial charge in [0.2, 0.25) is 0 Å². The summed E-state index contributed by atoms with van der Waals surface area (Å²) in [6.45, 7) is 2.41. The van der Waals surface area contributed by atoms with Crippen molar-refractivity contribution < 1.29 is 24.8 Å². The second kappa shape index (κ2) is 14.7. The van der Waals surface area contributed by atoms with Gasteiger partial charge in [0.25, 0.3) is 0 Å². The summed E-state index contributed by atoms with van der Waals surface area (Å²) < 4.78 is 11.0. The van der Waals surface area contributed by atoms with E-state index < -0.39 is 24.4 Å². The van der Waals surface area contributed by atoms with Gasteiger partial charge in [-0.15, -0.1) is 0 Å². The molecule has 0 unspecified atom stereocenters. The molecule has 25 heavy (non-hydrogen) atoms. The van der Waals surface area contributed by atoms with Crippen LogP contribution in [0.5, 0.6) is 0 Å². The molecule has 0 bridgehead atoms. The van der Waals surface area contributed by atoms with Gasteiger partial charge >= 0.3 is 0 Å². The second-order valence-electron chi connectivity index (χ2n) is 6.99. The van der Waals surface area contributed by atoms with E-state index in [4.69, 9.17) is 14.6 Å². The summed E-state index contributed by atoms with van der Waals surface area (Å²) in [6, 6.07) is 0. The van der Waals surface area contributed by atoms with Crippen LogP contribution in [-0.4, -0.2) is 59.6 Å². The highest BCUT2D eigenvalue weighted by atomic mass is 16.6. The topological polar surface area (TPSA) is 79.2 Å². The zero-order valence-electron chi connectivity index (χ0n) is 15.8. The van der Waals surface area contributed by atoms with Crippen molar-refractivity contribution in [3.63, 3.8) is 0 Å². The van der Waals surface area contributed by atoms with Gasteiger partial charge in [-0.1, -0.05) is 57.1 Å². The van der Waals surface area contributed by atoms with E-state index in [0.717, 1.165) is 12.8 Å². The van der Waals surface area contributed by atoms with Gasteiger partial charge in [-0.25, -0.2) is 0 Å². The third-order valence-electron chi connectivity index (χ3n) is 4.79. The Hall–Kier alpha value is -0.460. The molecule has 5 nitrogen and oxygen atoms in total. The summed E-state index contributed by atoms with van der Waals surface area (Å²) in [5.41, 5.74) is 0. The molecule has 1 aliphatic rings. The first-order valence-electron chi connectivity index (χ1n) is 10.0. The Bertz CT molecular complexity index is 334. The van der Waals surface area contributed by atoms with Crippen LogP contribution in [0.3, 0.4) is 0 Å². The number of unbranched alkanes of at least 4 members (excludes halogenated alkanes) is 9. The van der Waals surface area contributed by atoms with Gasteiger partial charge in [0.15, 0.2) is 0 Å². The fourth-order valence-corrected chi connectivity index (χ4v) is 3.25. The van der Waals surface area contributed by atoms with E-state index >= 15 is 0 Å². The Balaban J connectivity index is 1.93. The van der Waals surface area contributed by atoms with Crippen molar-refractivity contribution in [1.29, 1.82) is 0 Å². The highest BCUT2D eigenvalue weighted by Crippen LogP contribution is 2.21. The van der Waals surface area contributed by atoms with Crippen molar-refractivity contribution in [3.05, 3.63) is 12.2 Å². The SMILES string of the molecule is C/C=C/CCCCCCCCCCCO[C@@H]1[C@H]([C@H](O)CO)OC[C@@H]1O. The van der Waals surface area contributed by atoms with Crippen LogP contribution in [0, 0.1) is 0 Å². The van der Waals surface area contributed by atoms with E-state index in [1.54, 1.807) is 0 Å². The number of aliphatic hydroxyl groups is 3. The van der Waals surface area contributed by atoms with Crippen LogP contribution in [0.25, 0.3) is 0 Å². The minimum atomic E-state index is -1.000. The number of hydrogen-bond acceptors (Lipinski definition) is 5. The van der Waals surface area contributed by atoms with Crippen molar-refractivity contribution in [2.75, 3.05) is 19.8 Å². The molecule has 5 heteroatoms. The molecule has 1 aliphatic heterocycles. The lowest BCUT2D eigenvalue weighted by atomic mass is 10.1. The Morgan fingerprint density at radius 1 is 1.04 bits per heavy atom. The van der Waals surface area contributed by atoms with Crippen LogP contribution in [0.1, 0.15) is 71.1 Å². The van der Waals surface area contributed by atoms with E-state index in [2.05, 4.69) is 19.1 Å². The Labute approximate surface area is 153 Å². The Kier molecular flexibility index (Phi) is 13.3. The van der Waals surface area contributed by atoms with E-state index in [-0.39, 0.29) is 13.2 Å². The summed E-state index contributed by atoms with van der Waals surface area (Å²) in [6.07, 6.45) is 13.9. The van der Waals surface area contributed by atoms with Crippen molar-refractivity contribution in [2.24, 2.45) is 0 Å². The highest BCUT2D eigenvalue weighted by Gasteiger charge is 2.40. The molecule has 0 aliphatic carbocycles. The van der Waals surface area contributed by atoms with E-state index in [0.29, 0.717) is 6.61 Å². The zero-order chi connectivity index (χ0) is 18.3. The summed E-state index contributed by atoms with van der Waals surface area (Å²) in [7, 11) is 0. The van der Waals surface area contributed by atoms with Gasteiger partial charge in [0.05, 0.1) is 13.2 Å². The summed E-state index contributed by atoms with van der Waals surface area (Å²) in [4.78, 5) is 0. The lowest BCUT2D eigenvalue weighted by molar-refractivity contribution is -0.0938. The molecule has 0 spiro atoms. The van der Waals surface area contributed by atoms with Crippen molar-refractivity contribution in [2.45, 2.75) is 95.5 Å². The molecule has 1 fully saturated rings. The van der Waals surface area contributed by atoms with Crippen LogP contribution in [0.4, 0.5) is 0 Å². The molecule has 0 aromatic rings. The molecule has 0 saturated carbocycles. The summed E-state index contributed by atoms with van der Waals surface area (Å²) in [5.74, 6) is 0. The number of ether oxygens (including phenoxy) is 2. The smallest absolute Gasteiger partial charge is 0.114 e. The lowest BCUT2D eigenvalue weighted by Gasteiger charge is -2.23. The Morgan fingerprint density at radius 3 is 2.24 bits per heavy atom. The molecule has 0 aromatic carbocycles.